The van der Waals surface area contributed by atoms with Gasteiger partial charge in [-0.05, 0) is 25.5 Å². The molecule has 17 heavy (non-hydrogen) atoms. The van der Waals surface area contributed by atoms with Crippen LogP contribution in [0.15, 0.2) is 10.9 Å². The third kappa shape index (κ3) is 2.52. The van der Waals surface area contributed by atoms with Gasteiger partial charge >= 0.3 is 0 Å². The van der Waals surface area contributed by atoms with Crippen molar-refractivity contribution in [3.8, 4) is 0 Å². The Kier molecular flexibility index (Phi) is 3.24. The van der Waals surface area contributed by atoms with Crippen LogP contribution in [0.3, 0.4) is 0 Å². The van der Waals surface area contributed by atoms with Gasteiger partial charge in [0, 0.05) is 24.2 Å². The van der Waals surface area contributed by atoms with E-state index in [2.05, 4.69) is 4.98 Å². The van der Waals surface area contributed by atoms with E-state index < -0.39 is 0 Å². The molecule has 1 aromatic heterocycles. The van der Waals surface area contributed by atoms with Crippen molar-refractivity contribution in [2.45, 2.75) is 32.2 Å². The number of pyridine rings is 1. The fraction of sp³-hybridized carbons (Fsp3) is 0.500. The van der Waals surface area contributed by atoms with Crippen molar-refractivity contribution in [2.24, 2.45) is 0 Å². The van der Waals surface area contributed by atoms with E-state index in [0.29, 0.717) is 25.1 Å². The van der Waals surface area contributed by atoms with Crippen LogP contribution in [-0.4, -0.2) is 27.7 Å². The molecule has 1 amide bonds. The van der Waals surface area contributed by atoms with Gasteiger partial charge in [-0.15, -0.1) is 11.6 Å². The van der Waals surface area contributed by atoms with Crippen LogP contribution in [0.4, 0.5) is 0 Å². The second kappa shape index (κ2) is 4.53. The Bertz CT molecular complexity index is 510. The zero-order valence-electron chi connectivity index (χ0n) is 9.92. The predicted molar refractivity (Wildman–Crippen MR) is 66.2 cm³/mol. The number of carbonyl (C=O) groups is 1. The number of aromatic amines is 1. The lowest BCUT2D eigenvalue weighted by atomic mass is 10.1. The third-order valence-corrected chi connectivity index (χ3v) is 3.30. The highest BCUT2D eigenvalue weighted by atomic mass is 35.5. The molecule has 1 aromatic rings. The Balaban J connectivity index is 2.25. The van der Waals surface area contributed by atoms with E-state index in [9.17, 15) is 9.59 Å². The van der Waals surface area contributed by atoms with Crippen LogP contribution in [0.25, 0.3) is 0 Å². The first kappa shape index (κ1) is 12.2. The number of rotatable bonds is 2. The quantitative estimate of drug-likeness (QED) is 0.810. The number of aromatic nitrogens is 1. The number of amides is 1. The summed E-state index contributed by atoms with van der Waals surface area (Å²) in [6, 6.07) is 1.91. The first-order valence-corrected chi connectivity index (χ1v) is 6.02. The van der Waals surface area contributed by atoms with Gasteiger partial charge in [0.1, 0.15) is 0 Å². The minimum atomic E-state index is -0.132. The molecular formula is C12H15ClN2O2. The molecule has 2 rings (SSSR count). The number of nitrogens with zero attached hydrogens (tertiary/aromatic N) is 1. The van der Waals surface area contributed by atoms with Crippen LogP contribution in [0.2, 0.25) is 0 Å². The smallest absolute Gasteiger partial charge is 0.253 e. The summed E-state index contributed by atoms with van der Waals surface area (Å²) in [4.78, 5) is 27.8. The van der Waals surface area contributed by atoms with Crippen molar-refractivity contribution in [1.29, 1.82) is 0 Å². The lowest BCUT2D eigenvalue weighted by Gasteiger charge is -2.16. The highest BCUT2D eigenvalue weighted by Crippen LogP contribution is 2.18. The lowest BCUT2D eigenvalue weighted by Crippen LogP contribution is -2.29. The van der Waals surface area contributed by atoms with Crippen molar-refractivity contribution in [1.82, 2.24) is 9.88 Å². The van der Waals surface area contributed by atoms with Gasteiger partial charge in [0.2, 0.25) is 5.91 Å². The zero-order valence-corrected chi connectivity index (χ0v) is 10.7. The number of nitrogens with one attached hydrogen (secondary N) is 1. The molecule has 1 N–H and O–H groups in total. The molecule has 1 saturated heterocycles. The number of likely N-dealkylation sites (tertiary alicyclic amines) is 1. The summed E-state index contributed by atoms with van der Waals surface area (Å²) >= 11 is 5.92. The first-order valence-electron chi connectivity index (χ1n) is 5.58. The minimum Gasteiger partial charge on any atom is -0.337 e. The average Bonchev–Trinajstić information content (AvgIpc) is 2.51. The molecule has 5 heteroatoms. The van der Waals surface area contributed by atoms with Crippen molar-refractivity contribution < 1.29 is 4.79 Å². The van der Waals surface area contributed by atoms with Crippen molar-refractivity contribution in [3.05, 3.63) is 33.2 Å². The maximum absolute atomic E-state index is 11.8. The number of alkyl halides is 1. The van der Waals surface area contributed by atoms with Gasteiger partial charge in [-0.3, -0.25) is 9.59 Å². The van der Waals surface area contributed by atoms with Crippen molar-refractivity contribution in [3.63, 3.8) is 0 Å². The van der Waals surface area contributed by atoms with Crippen LogP contribution >= 0.6 is 11.6 Å². The Labute approximate surface area is 105 Å². The van der Waals surface area contributed by atoms with Crippen molar-refractivity contribution >= 4 is 17.5 Å². The molecule has 0 spiro atoms. The SMILES string of the molecule is Cc1cc(C)c(CN2CC(Cl)CC2=O)c(=O)[nH]1. The molecule has 2 heterocycles. The van der Waals surface area contributed by atoms with Gasteiger partial charge in [0.15, 0.2) is 0 Å². The Morgan fingerprint density at radius 3 is 2.71 bits per heavy atom. The summed E-state index contributed by atoms with van der Waals surface area (Å²) in [5.74, 6) is 0.0179. The van der Waals surface area contributed by atoms with E-state index >= 15 is 0 Å². The van der Waals surface area contributed by atoms with Gasteiger partial charge in [-0.1, -0.05) is 0 Å². The molecule has 1 atom stereocenters. The highest BCUT2D eigenvalue weighted by Gasteiger charge is 2.28. The summed E-state index contributed by atoms with van der Waals surface area (Å²) in [6.07, 6.45) is 0.365. The number of hydrogen-bond acceptors (Lipinski definition) is 2. The van der Waals surface area contributed by atoms with Crippen LogP contribution < -0.4 is 5.56 Å². The van der Waals surface area contributed by atoms with Crippen molar-refractivity contribution in [2.75, 3.05) is 6.54 Å². The van der Waals surface area contributed by atoms with E-state index in [1.807, 2.05) is 19.9 Å². The van der Waals surface area contributed by atoms with E-state index in [-0.39, 0.29) is 16.8 Å². The van der Waals surface area contributed by atoms with E-state index in [4.69, 9.17) is 11.6 Å². The average molecular weight is 255 g/mol. The van der Waals surface area contributed by atoms with Gasteiger partial charge < -0.3 is 9.88 Å². The summed E-state index contributed by atoms with van der Waals surface area (Å²) < 4.78 is 0. The predicted octanol–water partition coefficient (Wildman–Crippen LogP) is 1.33. The van der Waals surface area contributed by atoms with Crippen LogP contribution in [-0.2, 0) is 11.3 Å². The van der Waals surface area contributed by atoms with Gasteiger partial charge in [-0.25, -0.2) is 0 Å². The molecular weight excluding hydrogens is 240 g/mol. The maximum atomic E-state index is 11.8. The molecule has 0 radical (unpaired) electrons. The van der Waals surface area contributed by atoms with Gasteiger partial charge in [-0.2, -0.15) is 0 Å². The molecule has 4 nitrogen and oxygen atoms in total. The number of carbonyl (C=O) groups excluding carboxylic acids is 1. The summed E-state index contributed by atoms with van der Waals surface area (Å²) in [5, 5.41) is -0.132. The molecule has 1 aliphatic rings. The molecule has 1 fully saturated rings. The van der Waals surface area contributed by atoms with E-state index in [0.717, 1.165) is 11.3 Å². The minimum absolute atomic E-state index is 0.0179. The first-order chi connectivity index (χ1) is 7.97. The van der Waals surface area contributed by atoms with Crippen LogP contribution in [0.1, 0.15) is 23.2 Å². The number of H-pyrrole nitrogens is 1. The zero-order chi connectivity index (χ0) is 12.6. The molecule has 0 aromatic carbocycles. The second-order valence-corrected chi connectivity index (χ2v) is 5.14. The lowest BCUT2D eigenvalue weighted by molar-refractivity contribution is -0.128. The van der Waals surface area contributed by atoms with E-state index in [1.54, 1.807) is 4.90 Å². The molecule has 1 unspecified atom stereocenters. The van der Waals surface area contributed by atoms with E-state index in [1.165, 1.54) is 0 Å². The van der Waals surface area contributed by atoms with Crippen LogP contribution in [0.5, 0.6) is 0 Å². The monoisotopic (exact) mass is 254 g/mol. The Morgan fingerprint density at radius 2 is 2.18 bits per heavy atom. The Morgan fingerprint density at radius 1 is 1.47 bits per heavy atom. The fourth-order valence-electron chi connectivity index (χ4n) is 2.15. The molecule has 0 aliphatic carbocycles. The van der Waals surface area contributed by atoms with Crippen LogP contribution in [0, 0.1) is 13.8 Å². The second-order valence-electron chi connectivity index (χ2n) is 4.52. The standard InChI is InChI=1S/C12H15ClN2O2/c1-7-3-8(2)14-12(17)10(7)6-15-5-9(13)4-11(15)16/h3,9H,4-6H2,1-2H3,(H,14,17). The largest absolute Gasteiger partial charge is 0.337 e. The number of aryl methyl sites for hydroxylation is 2. The molecule has 1 aliphatic heterocycles. The maximum Gasteiger partial charge on any atom is 0.253 e. The summed E-state index contributed by atoms with van der Waals surface area (Å²) in [7, 11) is 0. The van der Waals surface area contributed by atoms with Gasteiger partial charge in [0.25, 0.3) is 5.56 Å². The number of halogens is 1. The molecule has 92 valence electrons. The normalized spacial score (nSPS) is 20.1. The summed E-state index contributed by atoms with van der Waals surface area (Å²) in [6.45, 7) is 4.60. The summed E-state index contributed by atoms with van der Waals surface area (Å²) in [5.41, 5.74) is 2.28. The number of hydrogen-bond donors (Lipinski definition) is 1. The topological polar surface area (TPSA) is 53.2 Å². The van der Waals surface area contributed by atoms with Gasteiger partial charge in [0.05, 0.1) is 11.9 Å². The molecule has 0 saturated carbocycles. The molecule has 0 bridgehead atoms. The Hall–Kier alpha value is -1.29. The third-order valence-electron chi connectivity index (χ3n) is 3.01. The highest BCUT2D eigenvalue weighted by molar-refractivity contribution is 6.22. The fourth-order valence-corrected chi connectivity index (χ4v) is 2.44.